The SMILES string of the molecule is CN(C(=O)NC1CCOCC1)[C@@H](c1ccccc1)c1ccccn1. The molecule has 2 amide bonds. The lowest BCUT2D eigenvalue weighted by atomic mass is 10.0. The van der Waals surface area contributed by atoms with Crippen molar-refractivity contribution in [1.82, 2.24) is 15.2 Å². The van der Waals surface area contributed by atoms with E-state index in [0.29, 0.717) is 13.2 Å². The number of nitrogens with one attached hydrogen (secondary N) is 1. The molecule has 0 bridgehead atoms. The molecule has 24 heavy (non-hydrogen) atoms. The molecule has 1 aromatic heterocycles. The van der Waals surface area contributed by atoms with Crippen LogP contribution in [0.15, 0.2) is 54.7 Å². The topological polar surface area (TPSA) is 54.5 Å². The molecule has 0 saturated carbocycles. The van der Waals surface area contributed by atoms with Crippen LogP contribution in [0.2, 0.25) is 0 Å². The van der Waals surface area contributed by atoms with Crippen molar-refractivity contribution in [1.29, 1.82) is 0 Å². The van der Waals surface area contributed by atoms with Crippen molar-refractivity contribution < 1.29 is 9.53 Å². The maximum Gasteiger partial charge on any atom is 0.318 e. The van der Waals surface area contributed by atoms with Gasteiger partial charge in [-0.3, -0.25) is 4.98 Å². The minimum absolute atomic E-state index is 0.0820. The van der Waals surface area contributed by atoms with Crippen LogP contribution in [0.1, 0.15) is 30.1 Å². The number of benzene rings is 1. The number of carbonyl (C=O) groups is 1. The molecule has 1 saturated heterocycles. The summed E-state index contributed by atoms with van der Waals surface area (Å²) in [7, 11) is 1.82. The van der Waals surface area contributed by atoms with Gasteiger partial charge in [0.05, 0.1) is 5.69 Å². The van der Waals surface area contributed by atoms with Gasteiger partial charge in [-0.25, -0.2) is 4.79 Å². The maximum atomic E-state index is 12.7. The minimum atomic E-state index is -0.216. The van der Waals surface area contributed by atoms with E-state index < -0.39 is 0 Å². The van der Waals surface area contributed by atoms with E-state index in [9.17, 15) is 4.79 Å². The van der Waals surface area contributed by atoms with E-state index in [0.717, 1.165) is 24.1 Å². The van der Waals surface area contributed by atoms with Crippen LogP contribution in [0.4, 0.5) is 4.79 Å². The van der Waals surface area contributed by atoms with Crippen LogP contribution in [0.25, 0.3) is 0 Å². The smallest absolute Gasteiger partial charge is 0.318 e. The largest absolute Gasteiger partial charge is 0.381 e. The lowest BCUT2D eigenvalue weighted by Gasteiger charge is -2.31. The maximum absolute atomic E-state index is 12.7. The Kier molecular flexibility index (Phi) is 5.43. The molecule has 0 spiro atoms. The monoisotopic (exact) mass is 325 g/mol. The Bertz CT molecular complexity index is 603. The number of hydrogen-bond donors (Lipinski definition) is 1. The summed E-state index contributed by atoms with van der Waals surface area (Å²) in [5.74, 6) is 0. The first-order chi connectivity index (χ1) is 11.8. The highest BCUT2D eigenvalue weighted by Crippen LogP contribution is 2.26. The van der Waals surface area contributed by atoms with Gasteiger partial charge in [0.1, 0.15) is 6.04 Å². The van der Waals surface area contributed by atoms with E-state index in [1.165, 1.54) is 0 Å². The highest BCUT2D eigenvalue weighted by molar-refractivity contribution is 5.75. The number of ether oxygens (including phenoxy) is 1. The first-order valence-electron chi connectivity index (χ1n) is 8.32. The Morgan fingerprint density at radius 2 is 1.88 bits per heavy atom. The van der Waals surface area contributed by atoms with Gasteiger partial charge in [0.25, 0.3) is 0 Å². The van der Waals surface area contributed by atoms with Crippen molar-refractivity contribution in [2.45, 2.75) is 24.9 Å². The molecule has 126 valence electrons. The molecule has 5 heteroatoms. The second-order valence-electron chi connectivity index (χ2n) is 6.01. The summed E-state index contributed by atoms with van der Waals surface area (Å²) >= 11 is 0. The minimum Gasteiger partial charge on any atom is -0.381 e. The fourth-order valence-corrected chi connectivity index (χ4v) is 3.00. The Morgan fingerprint density at radius 1 is 1.17 bits per heavy atom. The first kappa shape index (κ1) is 16.5. The Balaban J connectivity index is 1.80. The Morgan fingerprint density at radius 3 is 2.54 bits per heavy atom. The fraction of sp³-hybridized carbons (Fsp3) is 0.368. The third kappa shape index (κ3) is 3.92. The van der Waals surface area contributed by atoms with Crippen LogP contribution in [0, 0.1) is 0 Å². The summed E-state index contributed by atoms with van der Waals surface area (Å²) < 4.78 is 5.35. The van der Waals surface area contributed by atoms with Crippen molar-refractivity contribution in [3.05, 3.63) is 66.0 Å². The molecular formula is C19H23N3O2. The summed E-state index contributed by atoms with van der Waals surface area (Å²) in [6.07, 6.45) is 3.48. The summed E-state index contributed by atoms with van der Waals surface area (Å²) in [5.41, 5.74) is 1.90. The summed E-state index contributed by atoms with van der Waals surface area (Å²) in [6, 6.07) is 15.6. The number of hydrogen-bond acceptors (Lipinski definition) is 3. The molecule has 5 nitrogen and oxygen atoms in total. The van der Waals surface area contributed by atoms with Gasteiger partial charge in [0, 0.05) is 32.5 Å². The van der Waals surface area contributed by atoms with Crippen LogP contribution in [0.3, 0.4) is 0 Å². The number of rotatable bonds is 4. The number of urea groups is 1. The molecule has 0 unspecified atom stereocenters. The third-order valence-corrected chi connectivity index (χ3v) is 4.34. The first-order valence-corrected chi connectivity index (χ1v) is 8.32. The predicted molar refractivity (Wildman–Crippen MR) is 92.7 cm³/mol. The van der Waals surface area contributed by atoms with E-state index >= 15 is 0 Å². The zero-order chi connectivity index (χ0) is 16.8. The van der Waals surface area contributed by atoms with Gasteiger partial charge in [0.15, 0.2) is 0 Å². The van der Waals surface area contributed by atoms with Crippen molar-refractivity contribution in [3.8, 4) is 0 Å². The molecule has 1 fully saturated rings. The van der Waals surface area contributed by atoms with Gasteiger partial charge in [-0.05, 0) is 30.5 Å². The summed E-state index contributed by atoms with van der Waals surface area (Å²) in [6.45, 7) is 1.41. The number of aromatic nitrogens is 1. The van der Waals surface area contributed by atoms with Gasteiger partial charge in [-0.2, -0.15) is 0 Å². The zero-order valence-electron chi connectivity index (χ0n) is 13.9. The summed E-state index contributed by atoms with van der Waals surface area (Å²) in [5, 5.41) is 3.12. The molecule has 2 aromatic rings. The lowest BCUT2D eigenvalue weighted by Crippen LogP contribution is -2.46. The highest BCUT2D eigenvalue weighted by Gasteiger charge is 2.26. The number of amides is 2. The summed E-state index contributed by atoms with van der Waals surface area (Å²) in [4.78, 5) is 18.9. The molecule has 3 rings (SSSR count). The van der Waals surface area contributed by atoms with Gasteiger partial charge in [-0.15, -0.1) is 0 Å². The standard InChI is InChI=1S/C19H23N3O2/c1-22(19(23)21-16-10-13-24-14-11-16)18(15-7-3-2-4-8-15)17-9-5-6-12-20-17/h2-9,12,16,18H,10-11,13-14H2,1H3,(H,21,23)/t18-/m0/s1. The van der Waals surface area contributed by atoms with Crippen LogP contribution < -0.4 is 5.32 Å². The Hall–Kier alpha value is -2.40. The second kappa shape index (κ2) is 7.93. The highest BCUT2D eigenvalue weighted by atomic mass is 16.5. The molecule has 0 radical (unpaired) electrons. The molecule has 1 N–H and O–H groups in total. The van der Waals surface area contributed by atoms with Crippen LogP contribution in [-0.2, 0) is 4.74 Å². The van der Waals surface area contributed by atoms with Crippen LogP contribution >= 0.6 is 0 Å². The van der Waals surface area contributed by atoms with Gasteiger partial charge in [0.2, 0.25) is 0 Å². The van der Waals surface area contributed by atoms with E-state index in [2.05, 4.69) is 10.3 Å². The average Bonchev–Trinajstić information content (AvgIpc) is 2.64. The normalized spacial score (nSPS) is 16.4. The third-order valence-electron chi connectivity index (χ3n) is 4.34. The van der Waals surface area contributed by atoms with E-state index in [1.54, 1.807) is 11.1 Å². The molecule has 1 atom stereocenters. The van der Waals surface area contributed by atoms with Gasteiger partial charge in [-0.1, -0.05) is 36.4 Å². The average molecular weight is 325 g/mol. The fourth-order valence-electron chi connectivity index (χ4n) is 3.00. The zero-order valence-corrected chi connectivity index (χ0v) is 13.9. The Labute approximate surface area is 142 Å². The number of carbonyl (C=O) groups excluding carboxylic acids is 1. The molecular weight excluding hydrogens is 302 g/mol. The van der Waals surface area contributed by atoms with Gasteiger partial charge < -0.3 is 15.0 Å². The van der Waals surface area contributed by atoms with Crippen molar-refractivity contribution >= 4 is 6.03 Å². The van der Waals surface area contributed by atoms with Crippen LogP contribution in [0.5, 0.6) is 0 Å². The molecule has 1 aliphatic heterocycles. The van der Waals surface area contributed by atoms with E-state index in [1.807, 2.05) is 55.6 Å². The molecule has 0 aliphatic carbocycles. The van der Waals surface area contributed by atoms with E-state index in [4.69, 9.17) is 4.74 Å². The lowest BCUT2D eigenvalue weighted by molar-refractivity contribution is 0.0780. The number of nitrogens with zero attached hydrogens (tertiary/aromatic N) is 2. The van der Waals surface area contributed by atoms with Crippen molar-refractivity contribution in [2.24, 2.45) is 0 Å². The molecule has 1 aromatic carbocycles. The van der Waals surface area contributed by atoms with Crippen molar-refractivity contribution in [3.63, 3.8) is 0 Å². The van der Waals surface area contributed by atoms with Gasteiger partial charge >= 0.3 is 6.03 Å². The second-order valence-corrected chi connectivity index (χ2v) is 6.01. The quantitative estimate of drug-likeness (QED) is 0.940. The van der Waals surface area contributed by atoms with Crippen molar-refractivity contribution in [2.75, 3.05) is 20.3 Å². The van der Waals surface area contributed by atoms with Crippen LogP contribution in [-0.4, -0.2) is 42.2 Å². The molecule has 2 heterocycles. The number of pyridine rings is 1. The molecule has 1 aliphatic rings. The predicted octanol–water partition coefficient (Wildman–Crippen LogP) is 2.99. The van der Waals surface area contributed by atoms with E-state index in [-0.39, 0.29) is 18.1 Å².